The fourth-order valence-electron chi connectivity index (χ4n) is 7.18. The molecule has 46 heavy (non-hydrogen) atoms. The van der Waals surface area contributed by atoms with Gasteiger partial charge in [0.2, 0.25) is 17.7 Å². The summed E-state index contributed by atoms with van der Waals surface area (Å²) in [6, 6.07) is 6.11. The third-order valence-corrected chi connectivity index (χ3v) is 9.70. The van der Waals surface area contributed by atoms with E-state index in [1.807, 2.05) is 65.0 Å². The summed E-state index contributed by atoms with van der Waals surface area (Å²) in [5.41, 5.74) is 0.594. The fourth-order valence-corrected chi connectivity index (χ4v) is 7.18. The van der Waals surface area contributed by atoms with Crippen LogP contribution in [0.5, 0.6) is 5.75 Å². The molecule has 1 saturated carbocycles. The Morgan fingerprint density at radius 1 is 1.02 bits per heavy atom. The van der Waals surface area contributed by atoms with E-state index in [2.05, 4.69) is 20.9 Å². The Balaban J connectivity index is 1.58. The van der Waals surface area contributed by atoms with Crippen LogP contribution in [0.15, 0.2) is 36.4 Å². The lowest BCUT2D eigenvalue weighted by Gasteiger charge is -2.47. The van der Waals surface area contributed by atoms with Gasteiger partial charge < -0.3 is 25.8 Å². The largest absolute Gasteiger partial charge is 0.494 e. The van der Waals surface area contributed by atoms with E-state index in [0.717, 1.165) is 62.8 Å². The Labute approximate surface area is 276 Å². The van der Waals surface area contributed by atoms with Gasteiger partial charge >= 0.3 is 0 Å². The van der Waals surface area contributed by atoms with Gasteiger partial charge in [0.25, 0.3) is 0 Å². The fraction of sp³-hybridized carbons (Fsp3) is 0.703. The molecule has 3 heterocycles. The second-order valence-electron chi connectivity index (χ2n) is 15.1. The van der Waals surface area contributed by atoms with Crippen molar-refractivity contribution in [3.63, 3.8) is 0 Å². The molecule has 256 valence electrons. The molecule has 3 amide bonds. The van der Waals surface area contributed by atoms with Crippen molar-refractivity contribution in [3.8, 4) is 5.75 Å². The van der Waals surface area contributed by atoms with Crippen molar-refractivity contribution in [3.05, 3.63) is 42.0 Å². The van der Waals surface area contributed by atoms with Crippen LogP contribution in [0, 0.1) is 17.8 Å². The topological polar surface area (TPSA) is 120 Å². The van der Waals surface area contributed by atoms with E-state index in [1.165, 1.54) is 18.9 Å². The summed E-state index contributed by atoms with van der Waals surface area (Å²) < 4.78 is 5.94. The van der Waals surface area contributed by atoms with Crippen molar-refractivity contribution in [2.75, 3.05) is 19.7 Å². The summed E-state index contributed by atoms with van der Waals surface area (Å²) in [5, 5.41) is 21.1. The number of aliphatic hydroxyl groups is 1. The number of likely N-dealkylation sites (tertiary alicyclic amines) is 1. The van der Waals surface area contributed by atoms with Crippen molar-refractivity contribution < 1.29 is 24.2 Å². The van der Waals surface area contributed by atoms with Gasteiger partial charge in [0, 0.05) is 18.6 Å². The number of allylic oxidation sites excluding steroid dienone is 1. The average molecular weight is 639 g/mol. The molecule has 2 fully saturated rings. The van der Waals surface area contributed by atoms with Gasteiger partial charge in [0.05, 0.1) is 24.8 Å². The molecule has 0 aromatic heterocycles. The van der Waals surface area contributed by atoms with Crippen LogP contribution >= 0.6 is 0 Å². The van der Waals surface area contributed by atoms with E-state index in [-0.39, 0.29) is 41.8 Å². The molecule has 2 unspecified atom stereocenters. The zero-order valence-electron chi connectivity index (χ0n) is 28.7. The summed E-state index contributed by atoms with van der Waals surface area (Å²) in [6.45, 7) is 11.4. The lowest BCUT2D eigenvalue weighted by Crippen LogP contribution is -2.61. The maximum absolute atomic E-state index is 13.8. The first-order chi connectivity index (χ1) is 21.9. The smallest absolute Gasteiger partial charge is 0.244 e. The van der Waals surface area contributed by atoms with Crippen LogP contribution in [-0.4, -0.2) is 77.2 Å². The molecule has 5 rings (SSSR count). The van der Waals surface area contributed by atoms with Gasteiger partial charge in [-0.15, -0.1) is 0 Å². The van der Waals surface area contributed by atoms with Gasteiger partial charge in [0.1, 0.15) is 11.8 Å². The second kappa shape index (κ2) is 16.8. The third-order valence-electron chi connectivity index (χ3n) is 9.70. The molecule has 1 aliphatic carbocycles. The minimum atomic E-state index is -0.942. The number of amides is 3. The van der Waals surface area contributed by atoms with Crippen molar-refractivity contribution in [1.82, 2.24) is 20.9 Å². The van der Waals surface area contributed by atoms with Gasteiger partial charge in [-0.2, -0.15) is 0 Å². The Bertz CT molecular complexity index is 1180. The molecular weight excluding hydrogens is 580 g/mol. The first-order valence-electron chi connectivity index (χ1n) is 17.6. The van der Waals surface area contributed by atoms with Crippen LogP contribution in [-0.2, 0) is 20.8 Å². The number of carbonyl (C=O) groups is 3. The van der Waals surface area contributed by atoms with Gasteiger partial charge in [0.15, 0.2) is 0 Å². The predicted molar refractivity (Wildman–Crippen MR) is 181 cm³/mol. The molecular formula is C37H58N4O5. The highest BCUT2D eigenvalue weighted by Crippen LogP contribution is 2.39. The van der Waals surface area contributed by atoms with Crippen molar-refractivity contribution in [2.45, 2.75) is 129 Å². The normalized spacial score (nSPS) is 28.8. The van der Waals surface area contributed by atoms with Crippen molar-refractivity contribution >= 4 is 17.7 Å². The Hall–Kier alpha value is -2.91. The number of piperidine rings is 1. The Morgan fingerprint density at radius 2 is 1.74 bits per heavy atom. The third kappa shape index (κ3) is 10.8. The van der Waals surface area contributed by atoms with Crippen molar-refractivity contribution in [2.24, 2.45) is 17.8 Å². The minimum Gasteiger partial charge on any atom is -0.494 e. The number of carbonyl (C=O) groups excluding carboxylic acids is 3. The molecule has 9 heteroatoms. The zero-order valence-corrected chi connectivity index (χ0v) is 28.7. The number of nitrogens with zero attached hydrogens (tertiary/aromatic N) is 1. The Kier molecular flexibility index (Phi) is 13.1. The molecule has 3 aliphatic heterocycles. The number of nitrogens with one attached hydrogen (secondary N) is 3. The van der Waals surface area contributed by atoms with Crippen LogP contribution in [0.3, 0.4) is 0 Å². The minimum absolute atomic E-state index is 0.000467. The molecule has 4 aliphatic rings. The van der Waals surface area contributed by atoms with Crippen LogP contribution in [0.1, 0.15) is 98.0 Å². The summed E-state index contributed by atoms with van der Waals surface area (Å²) in [4.78, 5) is 42.3. The molecule has 9 nitrogen and oxygen atoms in total. The van der Waals surface area contributed by atoms with Gasteiger partial charge in [-0.25, -0.2) is 0 Å². The number of ether oxygens (including phenoxy) is 1. The quantitative estimate of drug-likeness (QED) is 0.377. The molecule has 1 saturated heterocycles. The number of β-amino-alcohol motifs (C(OH)–C–C–N with tert-alkyl or cyclic N) is 1. The number of benzene rings is 1. The molecule has 1 aromatic carbocycles. The monoisotopic (exact) mass is 638 g/mol. The number of rotatable bonds is 5. The van der Waals surface area contributed by atoms with Crippen LogP contribution in [0.4, 0.5) is 0 Å². The highest BCUT2D eigenvalue weighted by atomic mass is 16.5. The molecule has 0 spiro atoms. The summed E-state index contributed by atoms with van der Waals surface area (Å²) >= 11 is 0. The second-order valence-corrected chi connectivity index (χ2v) is 15.1. The SMILES string of the molecule is CC(C)[C@@H]1NC(=O)/C=C\CCCCCOc2ccc(cc2)C[C@@H]([C@H](O)CN2CC3CCCCC3C[C@H]2C(=O)NC(C)(C)C)NC1=O. The van der Waals surface area contributed by atoms with Crippen LogP contribution < -0.4 is 20.7 Å². The van der Waals surface area contributed by atoms with E-state index in [4.69, 9.17) is 4.74 Å². The first-order valence-corrected chi connectivity index (χ1v) is 17.6. The van der Waals surface area contributed by atoms with Crippen molar-refractivity contribution in [1.29, 1.82) is 0 Å². The number of fused-ring (bicyclic) bond motifs is 16. The maximum Gasteiger partial charge on any atom is 0.244 e. The van der Waals surface area contributed by atoms with Crippen LogP contribution in [0.25, 0.3) is 0 Å². The average Bonchev–Trinajstić information content (AvgIpc) is 2.99. The first kappa shape index (κ1) is 35.9. The lowest BCUT2D eigenvalue weighted by molar-refractivity contribution is -0.133. The highest BCUT2D eigenvalue weighted by Gasteiger charge is 2.42. The number of hydrogen-bond donors (Lipinski definition) is 4. The Morgan fingerprint density at radius 3 is 2.43 bits per heavy atom. The van der Waals surface area contributed by atoms with Gasteiger partial charge in [-0.3, -0.25) is 19.3 Å². The predicted octanol–water partition coefficient (Wildman–Crippen LogP) is 4.52. The number of hydrogen-bond acceptors (Lipinski definition) is 6. The van der Waals surface area contributed by atoms with E-state index >= 15 is 0 Å². The molecule has 1 aromatic rings. The summed E-state index contributed by atoms with van der Waals surface area (Å²) in [7, 11) is 0. The maximum atomic E-state index is 13.8. The zero-order chi connectivity index (χ0) is 33.3. The lowest BCUT2D eigenvalue weighted by atomic mass is 9.72. The molecule has 6 atom stereocenters. The van der Waals surface area contributed by atoms with Crippen LogP contribution in [0.2, 0.25) is 0 Å². The van der Waals surface area contributed by atoms with Gasteiger partial charge in [-0.05, 0) is 107 Å². The van der Waals surface area contributed by atoms with E-state index in [0.29, 0.717) is 24.9 Å². The van der Waals surface area contributed by atoms with E-state index in [9.17, 15) is 19.5 Å². The molecule has 0 radical (unpaired) electrons. The van der Waals surface area contributed by atoms with E-state index < -0.39 is 18.2 Å². The summed E-state index contributed by atoms with van der Waals surface area (Å²) in [6.07, 6.45) is 12.0. The van der Waals surface area contributed by atoms with Gasteiger partial charge in [-0.1, -0.05) is 51.3 Å². The van der Waals surface area contributed by atoms with E-state index in [1.54, 1.807) is 0 Å². The molecule has 4 N–H and O–H groups in total. The number of aliphatic hydroxyl groups excluding tert-OH is 1. The summed E-state index contributed by atoms with van der Waals surface area (Å²) in [5.74, 6) is 1.03. The standard InChI is InChI=1S/C37H58N4O5/c1-25(2)34-36(45)38-30(21-26-16-18-29(19-17-26)46-20-12-8-6-7-9-15-33(43)39-34)32(42)24-41-23-28-14-11-10-13-27(28)22-31(41)35(44)40-37(3,4)5/h9,15-19,25,27-28,30-32,34,42H,6-8,10-14,20-24H2,1-5H3,(H,38,45)(H,39,43)(H,40,44)/b15-9-/t27?,28?,30-,31-,32+,34-/m0/s1. The highest BCUT2D eigenvalue weighted by molar-refractivity contribution is 5.93. The molecule has 2 bridgehead atoms.